The van der Waals surface area contributed by atoms with Gasteiger partial charge in [-0.1, -0.05) is 0 Å². The second-order valence-corrected chi connectivity index (χ2v) is 6.75. The van der Waals surface area contributed by atoms with E-state index in [2.05, 4.69) is 5.32 Å². The molecule has 0 heterocycles. The quantitative estimate of drug-likeness (QED) is 0.792. The molecule has 2 rings (SSSR count). The van der Waals surface area contributed by atoms with Crippen molar-refractivity contribution in [3.05, 3.63) is 52.4 Å². The first-order valence-electron chi connectivity index (χ1n) is 8.30. The summed E-state index contributed by atoms with van der Waals surface area (Å²) in [5.74, 6) is -1.52. The number of aliphatic hydroxyl groups is 1. The zero-order valence-corrected chi connectivity index (χ0v) is 15.3. The average Bonchev–Trinajstić information content (AvgIpc) is 2.60. The molecule has 1 unspecified atom stereocenters. The number of hydrogen-bond donors (Lipinski definition) is 2. The number of carbonyl (C=O) groups excluding carboxylic acids is 3. The smallest absolute Gasteiger partial charge is 0.256 e. The Hall–Kier alpha value is -2.60. The van der Waals surface area contributed by atoms with Crippen LogP contribution in [-0.4, -0.2) is 28.2 Å². The molecule has 0 spiro atoms. The largest absolute Gasteiger partial charge is 0.380 e. The molecule has 0 saturated carbocycles. The van der Waals surface area contributed by atoms with Crippen LogP contribution in [0.5, 0.6) is 0 Å². The van der Waals surface area contributed by atoms with Crippen molar-refractivity contribution in [1.82, 2.24) is 0 Å². The second kappa shape index (κ2) is 7.33. The van der Waals surface area contributed by atoms with E-state index in [4.69, 9.17) is 0 Å². The molecule has 26 heavy (non-hydrogen) atoms. The number of halogens is 1. The van der Waals surface area contributed by atoms with Crippen LogP contribution in [0.4, 0.5) is 10.1 Å². The summed E-state index contributed by atoms with van der Waals surface area (Å²) in [6.45, 7) is 6.13. The summed E-state index contributed by atoms with van der Waals surface area (Å²) in [6, 6.07) is 5.16. The highest BCUT2D eigenvalue weighted by Gasteiger charge is 2.33. The van der Waals surface area contributed by atoms with Crippen molar-refractivity contribution in [3.8, 4) is 0 Å². The molecule has 138 valence electrons. The maximum Gasteiger partial charge on any atom is 0.256 e. The number of carbonyl (C=O) groups is 3. The average molecular weight is 359 g/mol. The van der Waals surface area contributed by atoms with Gasteiger partial charge in [0.05, 0.1) is 0 Å². The van der Waals surface area contributed by atoms with Gasteiger partial charge in [0, 0.05) is 28.0 Å². The molecule has 1 aliphatic rings. The molecule has 6 heteroatoms. The third kappa shape index (κ3) is 3.96. The molecule has 0 bridgehead atoms. The lowest BCUT2D eigenvalue weighted by molar-refractivity contribution is -0.133. The van der Waals surface area contributed by atoms with E-state index in [0.717, 1.165) is 0 Å². The highest BCUT2D eigenvalue weighted by atomic mass is 19.1. The van der Waals surface area contributed by atoms with E-state index >= 15 is 0 Å². The fourth-order valence-corrected chi connectivity index (χ4v) is 2.74. The molecular formula is C20H22FNO4. The Labute approximate surface area is 151 Å². The number of anilines is 1. The summed E-state index contributed by atoms with van der Waals surface area (Å²) in [6.07, 6.45) is 0.0723. The number of allylic oxidation sites excluding steroid dienone is 4. The Morgan fingerprint density at radius 3 is 2.15 bits per heavy atom. The van der Waals surface area contributed by atoms with Crippen molar-refractivity contribution in [3.63, 3.8) is 0 Å². The fraction of sp³-hybridized carbons (Fsp3) is 0.350. The lowest BCUT2D eigenvalue weighted by Crippen LogP contribution is -2.40. The van der Waals surface area contributed by atoms with Gasteiger partial charge in [0.2, 0.25) is 0 Å². The molecule has 1 amide bonds. The Morgan fingerprint density at radius 1 is 1.04 bits per heavy atom. The lowest BCUT2D eigenvalue weighted by Gasteiger charge is -2.24. The molecule has 0 saturated heterocycles. The van der Waals surface area contributed by atoms with Crippen LogP contribution in [0.25, 0.3) is 0 Å². The number of rotatable bonds is 5. The molecule has 1 atom stereocenters. The van der Waals surface area contributed by atoms with E-state index < -0.39 is 17.3 Å². The van der Waals surface area contributed by atoms with E-state index in [0.29, 0.717) is 28.0 Å². The minimum atomic E-state index is -1.75. The molecule has 1 aromatic rings. The van der Waals surface area contributed by atoms with Crippen LogP contribution in [-0.2, 0) is 14.4 Å². The van der Waals surface area contributed by atoms with Crippen LogP contribution < -0.4 is 5.32 Å². The third-order valence-corrected chi connectivity index (χ3v) is 4.76. The molecule has 0 aromatic heterocycles. The number of hydrogen-bond acceptors (Lipinski definition) is 4. The molecule has 0 aliphatic heterocycles. The standard InChI is InChI=1S/C20H22FNO4/c1-11-12(2)18(24)16(13(3)17(11)23)9-10-20(4,26)19(25)22-15-7-5-14(21)6-8-15/h5-8,26H,9-10H2,1-4H3,(H,22,25). The van der Waals surface area contributed by atoms with Gasteiger partial charge < -0.3 is 10.4 Å². The van der Waals surface area contributed by atoms with E-state index in [-0.39, 0.29) is 24.4 Å². The summed E-state index contributed by atoms with van der Waals surface area (Å²) < 4.78 is 12.9. The van der Waals surface area contributed by atoms with Crippen LogP contribution in [0.2, 0.25) is 0 Å². The van der Waals surface area contributed by atoms with Gasteiger partial charge in [-0.2, -0.15) is 0 Å². The number of ketones is 2. The molecule has 0 fully saturated rings. The third-order valence-electron chi connectivity index (χ3n) is 4.76. The zero-order chi connectivity index (χ0) is 19.6. The van der Waals surface area contributed by atoms with Gasteiger partial charge in [0.25, 0.3) is 5.91 Å². The Bertz CT molecular complexity index is 832. The van der Waals surface area contributed by atoms with Crippen LogP contribution in [0.1, 0.15) is 40.5 Å². The SMILES string of the molecule is CC1=C(C)C(=O)C(CCC(C)(O)C(=O)Nc2ccc(F)cc2)=C(C)C1=O. The predicted molar refractivity (Wildman–Crippen MR) is 96.0 cm³/mol. The van der Waals surface area contributed by atoms with Crippen molar-refractivity contribution >= 4 is 23.2 Å². The summed E-state index contributed by atoms with van der Waals surface area (Å²) in [7, 11) is 0. The van der Waals surface area contributed by atoms with Crippen molar-refractivity contribution in [1.29, 1.82) is 0 Å². The van der Waals surface area contributed by atoms with Gasteiger partial charge in [-0.3, -0.25) is 14.4 Å². The first-order chi connectivity index (χ1) is 12.0. The number of nitrogens with one attached hydrogen (secondary N) is 1. The topological polar surface area (TPSA) is 83.5 Å². The van der Waals surface area contributed by atoms with E-state index in [9.17, 15) is 23.9 Å². The minimum Gasteiger partial charge on any atom is -0.380 e. The summed E-state index contributed by atoms with van der Waals surface area (Å²) >= 11 is 0. The lowest BCUT2D eigenvalue weighted by atomic mass is 9.82. The van der Waals surface area contributed by atoms with Gasteiger partial charge in [-0.25, -0.2) is 4.39 Å². The van der Waals surface area contributed by atoms with Crippen molar-refractivity contribution in [2.45, 2.75) is 46.1 Å². The normalized spacial score (nSPS) is 17.5. The predicted octanol–water partition coefficient (Wildman–Crippen LogP) is 3.10. The number of amides is 1. The van der Waals surface area contributed by atoms with E-state index in [1.165, 1.54) is 31.2 Å². The van der Waals surface area contributed by atoms with E-state index in [1.54, 1.807) is 20.8 Å². The monoisotopic (exact) mass is 359 g/mol. The van der Waals surface area contributed by atoms with Crippen LogP contribution in [0.3, 0.4) is 0 Å². The van der Waals surface area contributed by atoms with E-state index in [1.807, 2.05) is 0 Å². The fourth-order valence-electron chi connectivity index (χ4n) is 2.74. The van der Waals surface area contributed by atoms with Crippen molar-refractivity contribution < 1.29 is 23.9 Å². The van der Waals surface area contributed by atoms with Gasteiger partial charge in [-0.15, -0.1) is 0 Å². The summed E-state index contributed by atoms with van der Waals surface area (Å²) in [5.41, 5.74) is 0.101. The number of Topliss-reactive ketones (excluding diaryl/α,β-unsaturated/α-hetero) is 2. The summed E-state index contributed by atoms with van der Waals surface area (Å²) in [4.78, 5) is 36.9. The van der Waals surface area contributed by atoms with Crippen LogP contribution >= 0.6 is 0 Å². The second-order valence-electron chi connectivity index (χ2n) is 6.75. The first kappa shape index (κ1) is 19.7. The van der Waals surface area contributed by atoms with Crippen LogP contribution in [0, 0.1) is 5.82 Å². The highest BCUT2D eigenvalue weighted by molar-refractivity contribution is 6.24. The maximum absolute atomic E-state index is 12.9. The Kier molecular flexibility index (Phi) is 5.56. The molecular weight excluding hydrogens is 337 g/mol. The molecule has 5 nitrogen and oxygen atoms in total. The first-order valence-corrected chi connectivity index (χ1v) is 8.30. The molecule has 1 aromatic carbocycles. The van der Waals surface area contributed by atoms with Crippen LogP contribution in [0.15, 0.2) is 46.6 Å². The Balaban J connectivity index is 2.09. The van der Waals surface area contributed by atoms with Gasteiger partial charge in [0.15, 0.2) is 11.6 Å². The highest BCUT2D eigenvalue weighted by Crippen LogP contribution is 2.29. The van der Waals surface area contributed by atoms with Gasteiger partial charge in [-0.05, 0) is 64.8 Å². The van der Waals surface area contributed by atoms with Crippen molar-refractivity contribution in [2.75, 3.05) is 5.32 Å². The molecule has 1 aliphatic carbocycles. The molecule has 0 radical (unpaired) electrons. The number of benzene rings is 1. The summed E-state index contributed by atoms with van der Waals surface area (Å²) in [5, 5.41) is 13.0. The van der Waals surface area contributed by atoms with Gasteiger partial charge in [0.1, 0.15) is 11.4 Å². The maximum atomic E-state index is 12.9. The van der Waals surface area contributed by atoms with Crippen molar-refractivity contribution in [2.24, 2.45) is 0 Å². The van der Waals surface area contributed by atoms with Gasteiger partial charge >= 0.3 is 0 Å². The molecule has 2 N–H and O–H groups in total. The minimum absolute atomic E-state index is 0.0297. The Morgan fingerprint density at radius 2 is 1.58 bits per heavy atom. The zero-order valence-electron chi connectivity index (χ0n) is 15.3.